The van der Waals surface area contributed by atoms with Gasteiger partial charge in [-0.3, -0.25) is 4.98 Å². The fourth-order valence-corrected chi connectivity index (χ4v) is 1.72. The Morgan fingerprint density at radius 2 is 2.19 bits per heavy atom. The van der Waals surface area contributed by atoms with E-state index in [0.29, 0.717) is 0 Å². The SMILES string of the molecule is CC(N)c1ccc(OC2CCOCC2)cn1. The first-order chi connectivity index (χ1) is 7.75. The summed E-state index contributed by atoms with van der Waals surface area (Å²) in [5, 5.41) is 0. The summed E-state index contributed by atoms with van der Waals surface area (Å²) in [6.45, 7) is 3.49. The molecule has 2 N–H and O–H groups in total. The lowest BCUT2D eigenvalue weighted by Crippen LogP contribution is -2.25. The lowest BCUT2D eigenvalue weighted by Gasteiger charge is -2.23. The maximum absolute atomic E-state index is 5.81. The first-order valence-corrected chi connectivity index (χ1v) is 5.71. The Labute approximate surface area is 95.8 Å². The van der Waals surface area contributed by atoms with E-state index in [9.17, 15) is 0 Å². The van der Waals surface area contributed by atoms with Crippen LogP contribution in [0.5, 0.6) is 5.75 Å². The molecule has 1 unspecified atom stereocenters. The molecule has 4 nitrogen and oxygen atoms in total. The van der Waals surface area contributed by atoms with Gasteiger partial charge in [-0.1, -0.05) is 0 Å². The summed E-state index contributed by atoms with van der Waals surface area (Å²) in [7, 11) is 0. The van der Waals surface area contributed by atoms with E-state index in [1.165, 1.54) is 0 Å². The summed E-state index contributed by atoms with van der Waals surface area (Å²) < 4.78 is 11.1. The summed E-state index contributed by atoms with van der Waals surface area (Å²) in [6.07, 6.45) is 3.91. The Morgan fingerprint density at radius 1 is 1.44 bits per heavy atom. The molecule has 0 saturated carbocycles. The predicted octanol–water partition coefficient (Wildman–Crippen LogP) is 1.66. The molecule has 4 heteroatoms. The minimum Gasteiger partial charge on any atom is -0.489 e. The maximum atomic E-state index is 5.81. The highest BCUT2D eigenvalue weighted by molar-refractivity contribution is 5.21. The van der Waals surface area contributed by atoms with Gasteiger partial charge in [0.1, 0.15) is 11.9 Å². The molecule has 1 saturated heterocycles. The summed E-state index contributed by atoms with van der Waals surface area (Å²) in [5.74, 6) is 0.816. The molecular weight excluding hydrogens is 204 g/mol. The van der Waals surface area contributed by atoms with Gasteiger partial charge in [-0.15, -0.1) is 0 Å². The van der Waals surface area contributed by atoms with Crippen LogP contribution < -0.4 is 10.5 Å². The molecule has 0 spiro atoms. The fraction of sp³-hybridized carbons (Fsp3) is 0.583. The molecule has 1 aliphatic heterocycles. The Kier molecular flexibility index (Phi) is 3.74. The van der Waals surface area contributed by atoms with E-state index in [0.717, 1.165) is 37.5 Å². The van der Waals surface area contributed by atoms with Gasteiger partial charge < -0.3 is 15.2 Å². The van der Waals surface area contributed by atoms with Crippen molar-refractivity contribution >= 4 is 0 Å². The van der Waals surface area contributed by atoms with Gasteiger partial charge in [-0.25, -0.2) is 0 Å². The van der Waals surface area contributed by atoms with Crippen LogP contribution in [0.4, 0.5) is 0 Å². The second-order valence-electron chi connectivity index (χ2n) is 4.14. The number of nitrogens with zero attached hydrogens (tertiary/aromatic N) is 1. The molecule has 0 radical (unpaired) electrons. The molecule has 1 fully saturated rings. The zero-order valence-corrected chi connectivity index (χ0v) is 9.56. The Balaban J connectivity index is 1.93. The lowest BCUT2D eigenvalue weighted by molar-refractivity contribution is 0.0254. The molecule has 1 aromatic rings. The van der Waals surface area contributed by atoms with Gasteiger partial charge in [0.05, 0.1) is 25.1 Å². The van der Waals surface area contributed by atoms with E-state index in [2.05, 4.69) is 4.98 Å². The second kappa shape index (κ2) is 5.27. The van der Waals surface area contributed by atoms with Crippen molar-refractivity contribution in [3.63, 3.8) is 0 Å². The molecule has 16 heavy (non-hydrogen) atoms. The van der Waals surface area contributed by atoms with Crippen LogP contribution in [0.2, 0.25) is 0 Å². The first-order valence-electron chi connectivity index (χ1n) is 5.71. The van der Waals surface area contributed by atoms with Crippen LogP contribution in [-0.4, -0.2) is 24.3 Å². The minimum atomic E-state index is -0.0304. The lowest BCUT2D eigenvalue weighted by atomic mass is 10.1. The normalized spacial score (nSPS) is 19.4. The number of pyridine rings is 1. The van der Waals surface area contributed by atoms with E-state index in [4.69, 9.17) is 15.2 Å². The van der Waals surface area contributed by atoms with Crippen LogP contribution in [0.25, 0.3) is 0 Å². The van der Waals surface area contributed by atoms with Gasteiger partial charge in [0.25, 0.3) is 0 Å². The fourth-order valence-electron chi connectivity index (χ4n) is 1.72. The zero-order chi connectivity index (χ0) is 11.4. The quantitative estimate of drug-likeness (QED) is 0.845. The van der Waals surface area contributed by atoms with Gasteiger partial charge in [0, 0.05) is 18.9 Å². The van der Waals surface area contributed by atoms with Crippen LogP contribution in [0.3, 0.4) is 0 Å². The van der Waals surface area contributed by atoms with Crippen molar-refractivity contribution in [2.45, 2.75) is 31.9 Å². The highest BCUT2D eigenvalue weighted by Crippen LogP contribution is 2.18. The predicted molar refractivity (Wildman–Crippen MR) is 61.3 cm³/mol. The van der Waals surface area contributed by atoms with E-state index < -0.39 is 0 Å². The van der Waals surface area contributed by atoms with Gasteiger partial charge in [-0.2, -0.15) is 0 Å². The highest BCUT2D eigenvalue weighted by Gasteiger charge is 2.15. The van der Waals surface area contributed by atoms with E-state index in [-0.39, 0.29) is 12.1 Å². The summed E-state index contributed by atoms with van der Waals surface area (Å²) in [6, 6.07) is 3.82. The maximum Gasteiger partial charge on any atom is 0.138 e. The second-order valence-corrected chi connectivity index (χ2v) is 4.14. The number of rotatable bonds is 3. The van der Waals surface area contributed by atoms with Crippen molar-refractivity contribution in [1.82, 2.24) is 4.98 Å². The van der Waals surface area contributed by atoms with Crippen molar-refractivity contribution in [3.8, 4) is 5.75 Å². The van der Waals surface area contributed by atoms with Crippen molar-refractivity contribution in [2.24, 2.45) is 5.73 Å². The molecule has 0 bridgehead atoms. The van der Waals surface area contributed by atoms with Crippen LogP contribution in [0, 0.1) is 0 Å². The summed E-state index contributed by atoms with van der Waals surface area (Å²) in [5.41, 5.74) is 6.62. The Morgan fingerprint density at radius 3 is 2.75 bits per heavy atom. The highest BCUT2D eigenvalue weighted by atomic mass is 16.5. The van der Waals surface area contributed by atoms with Crippen molar-refractivity contribution in [2.75, 3.05) is 13.2 Å². The van der Waals surface area contributed by atoms with E-state index >= 15 is 0 Å². The van der Waals surface area contributed by atoms with Gasteiger partial charge >= 0.3 is 0 Å². The van der Waals surface area contributed by atoms with Crippen LogP contribution in [0.1, 0.15) is 31.5 Å². The molecule has 0 aliphatic carbocycles. The molecule has 2 heterocycles. The molecule has 0 amide bonds. The van der Waals surface area contributed by atoms with Crippen molar-refractivity contribution < 1.29 is 9.47 Å². The summed E-state index contributed by atoms with van der Waals surface area (Å²) in [4.78, 5) is 4.26. The molecule has 88 valence electrons. The minimum absolute atomic E-state index is 0.0304. The smallest absolute Gasteiger partial charge is 0.138 e. The zero-order valence-electron chi connectivity index (χ0n) is 9.56. The third-order valence-electron chi connectivity index (χ3n) is 2.70. The van der Waals surface area contributed by atoms with E-state index in [1.54, 1.807) is 6.20 Å². The van der Waals surface area contributed by atoms with Crippen molar-refractivity contribution in [1.29, 1.82) is 0 Å². The molecule has 2 rings (SSSR count). The molecule has 0 aromatic carbocycles. The average molecular weight is 222 g/mol. The topological polar surface area (TPSA) is 57.4 Å². The monoisotopic (exact) mass is 222 g/mol. The number of hydrogen-bond donors (Lipinski definition) is 1. The van der Waals surface area contributed by atoms with E-state index in [1.807, 2.05) is 19.1 Å². The standard InChI is InChI=1S/C12H18N2O2/c1-9(13)12-3-2-11(8-14-12)16-10-4-6-15-7-5-10/h2-3,8-10H,4-7,13H2,1H3. The first kappa shape index (κ1) is 11.4. The number of hydrogen-bond acceptors (Lipinski definition) is 4. The summed E-state index contributed by atoms with van der Waals surface area (Å²) >= 11 is 0. The van der Waals surface area contributed by atoms with Crippen molar-refractivity contribution in [3.05, 3.63) is 24.0 Å². The molecular formula is C12H18N2O2. The molecule has 1 aromatic heterocycles. The van der Waals surface area contributed by atoms with Gasteiger partial charge in [0.2, 0.25) is 0 Å². The third kappa shape index (κ3) is 2.93. The van der Waals surface area contributed by atoms with Gasteiger partial charge in [0.15, 0.2) is 0 Å². The number of ether oxygens (including phenoxy) is 2. The largest absolute Gasteiger partial charge is 0.489 e. The number of nitrogens with two attached hydrogens (primary N) is 1. The Hall–Kier alpha value is -1.13. The van der Waals surface area contributed by atoms with Gasteiger partial charge in [-0.05, 0) is 19.1 Å². The number of aromatic nitrogens is 1. The molecule has 1 atom stereocenters. The van der Waals surface area contributed by atoms with Crippen LogP contribution in [0.15, 0.2) is 18.3 Å². The molecule has 1 aliphatic rings. The van der Waals surface area contributed by atoms with Crippen LogP contribution >= 0.6 is 0 Å². The third-order valence-corrected chi connectivity index (χ3v) is 2.70. The Bertz CT molecular complexity index is 318. The van der Waals surface area contributed by atoms with Crippen LogP contribution in [-0.2, 0) is 4.74 Å². The average Bonchev–Trinajstić information content (AvgIpc) is 2.31.